The van der Waals surface area contributed by atoms with E-state index >= 15 is 0 Å². The topological polar surface area (TPSA) is 72.0 Å². The Morgan fingerprint density at radius 3 is 2.71 bits per heavy atom. The monoisotopic (exact) mass is 426 g/mol. The van der Waals surface area contributed by atoms with Crippen LogP contribution in [0.4, 0.5) is 4.39 Å². The fraction of sp³-hybridized carbons (Fsp3) is 0.609. The van der Waals surface area contributed by atoms with E-state index in [-0.39, 0.29) is 17.7 Å². The number of piperidine rings is 2. The molecule has 0 aliphatic carbocycles. The molecule has 166 valence electrons. The number of nitrogens with zero attached hydrogens (tertiary/aromatic N) is 5. The van der Waals surface area contributed by atoms with Gasteiger partial charge in [0.15, 0.2) is 0 Å². The zero-order chi connectivity index (χ0) is 21.4. The molecule has 2 fully saturated rings. The van der Waals surface area contributed by atoms with Crippen molar-refractivity contribution in [2.75, 3.05) is 26.2 Å². The quantitative estimate of drug-likeness (QED) is 0.665. The first-order valence-electron chi connectivity index (χ1n) is 11.6. The first-order chi connectivity index (χ1) is 15.2. The van der Waals surface area contributed by atoms with Crippen LogP contribution in [-0.4, -0.2) is 57.0 Å². The summed E-state index contributed by atoms with van der Waals surface area (Å²) in [6.07, 6.45) is 5.41. The van der Waals surface area contributed by atoms with Gasteiger partial charge >= 0.3 is 0 Å². The molecule has 3 aromatic rings. The molecule has 0 spiro atoms. The van der Waals surface area contributed by atoms with E-state index in [0.717, 1.165) is 56.5 Å². The molecule has 2 aliphatic rings. The van der Waals surface area contributed by atoms with Crippen molar-refractivity contribution < 1.29 is 8.91 Å². The van der Waals surface area contributed by atoms with Crippen molar-refractivity contribution in [1.29, 1.82) is 0 Å². The third-order valence-corrected chi connectivity index (χ3v) is 7.09. The van der Waals surface area contributed by atoms with Crippen LogP contribution < -0.4 is 5.32 Å². The zero-order valence-electron chi connectivity index (χ0n) is 18.4. The number of benzene rings is 1. The second-order valence-electron chi connectivity index (χ2n) is 8.97. The second kappa shape index (κ2) is 8.67. The van der Waals surface area contributed by atoms with Crippen LogP contribution in [0.1, 0.15) is 69.4 Å². The van der Waals surface area contributed by atoms with Crippen LogP contribution in [0.2, 0.25) is 0 Å². The number of hydrogen-bond acceptors (Lipinski definition) is 6. The molecule has 0 bridgehead atoms. The average Bonchev–Trinajstić information content (AvgIpc) is 3.45. The molecule has 0 saturated carbocycles. The summed E-state index contributed by atoms with van der Waals surface area (Å²) in [4.78, 5) is 7.27. The molecule has 4 heterocycles. The van der Waals surface area contributed by atoms with Gasteiger partial charge in [-0.05, 0) is 69.5 Å². The van der Waals surface area contributed by atoms with Gasteiger partial charge in [0.1, 0.15) is 11.3 Å². The van der Waals surface area contributed by atoms with Crippen LogP contribution >= 0.6 is 0 Å². The molecule has 5 rings (SSSR count). The predicted molar refractivity (Wildman–Crippen MR) is 117 cm³/mol. The number of hydrogen-bond donors (Lipinski definition) is 1. The number of likely N-dealkylation sites (tertiary alicyclic amines) is 1. The predicted octanol–water partition coefficient (Wildman–Crippen LogP) is 3.99. The molecule has 1 N–H and O–H groups in total. The number of aromatic nitrogens is 4. The van der Waals surface area contributed by atoms with Gasteiger partial charge < -0.3 is 14.7 Å². The summed E-state index contributed by atoms with van der Waals surface area (Å²) in [7, 11) is 0. The highest BCUT2D eigenvalue weighted by atomic mass is 19.1. The fourth-order valence-electron chi connectivity index (χ4n) is 5.01. The van der Waals surface area contributed by atoms with Gasteiger partial charge in [0.25, 0.3) is 5.95 Å². The molecular formula is C23H31FN6O. The molecule has 2 saturated heterocycles. The summed E-state index contributed by atoms with van der Waals surface area (Å²) in [5.41, 5.74) is 1.30. The van der Waals surface area contributed by atoms with E-state index in [1.165, 1.54) is 23.6 Å². The highest BCUT2D eigenvalue weighted by Gasteiger charge is 2.30. The van der Waals surface area contributed by atoms with Crippen LogP contribution in [0.15, 0.2) is 22.7 Å². The van der Waals surface area contributed by atoms with Crippen LogP contribution in [0, 0.1) is 5.82 Å². The summed E-state index contributed by atoms with van der Waals surface area (Å²) >= 11 is 0. The van der Waals surface area contributed by atoms with Gasteiger partial charge in [0.2, 0.25) is 5.89 Å². The number of halogens is 1. The van der Waals surface area contributed by atoms with Gasteiger partial charge in [-0.3, -0.25) is 0 Å². The molecule has 2 aliphatic heterocycles. The SMILES string of the molecule is CCC(C)c1nn(-c2noc(C3CCN(C4CCNCC4)CC3)n2)c2c(F)cccc12. The Bertz CT molecular complexity index is 1030. The molecule has 2 aromatic heterocycles. The van der Waals surface area contributed by atoms with Crippen molar-refractivity contribution in [1.82, 2.24) is 30.1 Å². The molecule has 0 amide bonds. The van der Waals surface area contributed by atoms with Crippen LogP contribution in [0.3, 0.4) is 0 Å². The van der Waals surface area contributed by atoms with Gasteiger partial charge in [-0.15, -0.1) is 0 Å². The Balaban J connectivity index is 1.37. The van der Waals surface area contributed by atoms with Crippen molar-refractivity contribution in [3.63, 3.8) is 0 Å². The maximum Gasteiger partial charge on any atom is 0.291 e. The molecule has 8 heteroatoms. The Labute approximate surface area is 182 Å². The second-order valence-corrected chi connectivity index (χ2v) is 8.97. The maximum absolute atomic E-state index is 14.7. The van der Waals surface area contributed by atoms with Crippen molar-refractivity contribution in [3.8, 4) is 5.95 Å². The Hall–Kier alpha value is -2.32. The van der Waals surface area contributed by atoms with E-state index in [1.807, 2.05) is 6.07 Å². The number of fused-ring (bicyclic) bond motifs is 1. The van der Waals surface area contributed by atoms with E-state index in [2.05, 4.69) is 34.2 Å². The van der Waals surface area contributed by atoms with Crippen LogP contribution in [0.25, 0.3) is 16.9 Å². The fourth-order valence-corrected chi connectivity index (χ4v) is 5.01. The molecule has 1 atom stereocenters. The first kappa shape index (κ1) is 20.6. The minimum Gasteiger partial charge on any atom is -0.337 e. The summed E-state index contributed by atoms with van der Waals surface area (Å²) in [5, 5.41) is 13.1. The van der Waals surface area contributed by atoms with Crippen molar-refractivity contribution in [3.05, 3.63) is 35.6 Å². The first-order valence-corrected chi connectivity index (χ1v) is 11.6. The van der Waals surface area contributed by atoms with E-state index < -0.39 is 0 Å². The summed E-state index contributed by atoms with van der Waals surface area (Å²) < 4.78 is 21.9. The smallest absolute Gasteiger partial charge is 0.291 e. The van der Waals surface area contributed by atoms with Crippen LogP contribution in [-0.2, 0) is 0 Å². The highest BCUT2D eigenvalue weighted by Crippen LogP contribution is 2.32. The standard InChI is InChI=1S/C23H31FN6O/c1-3-15(2)20-18-5-4-6-19(24)21(18)30(27-20)23-26-22(31-28-23)16-9-13-29(14-10-16)17-7-11-25-12-8-17/h4-6,15-17,25H,3,7-14H2,1-2H3. The molecule has 0 radical (unpaired) electrons. The minimum atomic E-state index is -0.318. The summed E-state index contributed by atoms with van der Waals surface area (Å²) in [6, 6.07) is 5.80. The third-order valence-electron chi connectivity index (χ3n) is 7.09. The van der Waals surface area contributed by atoms with Crippen molar-refractivity contribution in [2.45, 2.75) is 63.8 Å². The third kappa shape index (κ3) is 3.87. The summed E-state index contributed by atoms with van der Waals surface area (Å²) in [5.74, 6) is 1.11. The van der Waals surface area contributed by atoms with Gasteiger partial charge in [-0.25, -0.2) is 4.39 Å². The van der Waals surface area contributed by atoms with Crippen molar-refractivity contribution >= 4 is 10.9 Å². The highest BCUT2D eigenvalue weighted by molar-refractivity contribution is 5.84. The largest absolute Gasteiger partial charge is 0.337 e. The molecule has 7 nitrogen and oxygen atoms in total. The van der Waals surface area contributed by atoms with E-state index in [1.54, 1.807) is 6.07 Å². The lowest BCUT2D eigenvalue weighted by Gasteiger charge is -2.38. The van der Waals surface area contributed by atoms with Crippen molar-refractivity contribution in [2.24, 2.45) is 0 Å². The summed E-state index contributed by atoms with van der Waals surface area (Å²) in [6.45, 7) is 8.57. The molecule has 1 aromatic carbocycles. The van der Waals surface area contributed by atoms with E-state index in [0.29, 0.717) is 23.4 Å². The zero-order valence-corrected chi connectivity index (χ0v) is 18.4. The lowest BCUT2D eigenvalue weighted by Crippen LogP contribution is -2.46. The molecule has 1 unspecified atom stereocenters. The number of rotatable bonds is 5. The lowest BCUT2D eigenvalue weighted by atomic mass is 9.94. The van der Waals surface area contributed by atoms with E-state index in [4.69, 9.17) is 9.62 Å². The Morgan fingerprint density at radius 1 is 1.19 bits per heavy atom. The maximum atomic E-state index is 14.7. The number of nitrogens with one attached hydrogen (secondary N) is 1. The Kier molecular flexibility index (Phi) is 5.75. The van der Waals surface area contributed by atoms with Gasteiger partial charge in [0, 0.05) is 23.3 Å². The number of para-hydroxylation sites is 1. The Morgan fingerprint density at radius 2 is 1.97 bits per heavy atom. The van der Waals surface area contributed by atoms with Gasteiger partial charge in [0.05, 0.1) is 5.69 Å². The minimum absolute atomic E-state index is 0.219. The van der Waals surface area contributed by atoms with Crippen LogP contribution in [0.5, 0.6) is 0 Å². The lowest BCUT2D eigenvalue weighted by molar-refractivity contribution is 0.120. The van der Waals surface area contributed by atoms with Gasteiger partial charge in [-0.2, -0.15) is 14.8 Å². The van der Waals surface area contributed by atoms with E-state index in [9.17, 15) is 4.39 Å². The van der Waals surface area contributed by atoms with Gasteiger partial charge in [-0.1, -0.05) is 26.0 Å². The molecular weight excluding hydrogens is 395 g/mol. The molecule has 31 heavy (non-hydrogen) atoms. The average molecular weight is 427 g/mol. The normalized spacial score (nSPS) is 20.5.